The van der Waals surface area contributed by atoms with Crippen LogP contribution in [-0.2, 0) is 16.0 Å². The molecular weight excluding hydrogens is 284 g/mol. The summed E-state index contributed by atoms with van der Waals surface area (Å²) in [6.45, 7) is -1.28. The van der Waals surface area contributed by atoms with Crippen LogP contribution >= 0.6 is 0 Å². The summed E-state index contributed by atoms with van der Waals surface area (Å²) >= 11 is 0. The van der Waals surface area contributed by atoms with Crippen LogP contribution in [0.5, 0.6) is 5.75 Å². The van der Waals surface area contributed by atoms with Gasteiger partial charge in [0.15, 0.2) is 0 Å². The van der Waals surface area contributed by atoms with Crippen molar-refractivity contribution < 1.29 is 28.2 Å². The number of ether oxygens (including phenoxy) is 1. The van der Waals surface area contributed by atoms with E-state index in [0.29, 0.717) is 6.42 Å². The highest BCUT2D eigenvalue weighted by molar-refractivity contribution is 5.77. The van der Waals surface area contributed by atoms with E-state index in [1.165, 1.54) is 19.1 Å². The van der Waals surface area contributed by atoms with E-state index in [4.69, 9.17) is 5.11 Å². The minimum Gasteiger partial charge on any atom is -0.481 e. The normalized spacial score (nSPS) is 12.0. The van der Waals surface area contributed by atoms with Crippen molar-refractivity contribution in [2.24, 2.45) is 5.92 Å². The van der Waals surface area contributed by atoms with Crippen LogP contribution in [0.15, 0.2) is 24.3 Å². The largest absolute Gasteiger partial charge is 0.481 e. The summed E-state index contributed by atoms with van der Waals surface area (Å²) < 4.78 is 28.1. The molecular formula is C14H17F2NO4. The fourth-order valence-corrected chi connectivity index (χ4v) is 1.54. The van der Waals surface area contributed by atoms with E-state index in [1.807, 2.05) is 0 Å². The summed E-state index contributed by atoms with van der Waals surface area (Å²) in [5.74, 6) is -1.80. The predicted molar refractivity (Wildman–Crippen MR) is 71.2 cm³/mol. The molecule has 2 N–H and O–H groups in total. The lowest BCUT2D eigenvalue weighted by Crippen LogP contribution is -2.31. The Kier molecular flexibility index (Phi) is 6.58. The van der Waals surface area contributed by atoms with Gasteiger partial charge in [-0.15, -0.1) is 0 Å². The average Bonchev–Trinajstić information content (AvgIpc) is 2.43. The molecule has 0 heterocycles. The Morgan fingerprint density at radius 2 is 1.90 bits per heavy atom. The molecule has 1 rings (SSSR count). The molecule has 1 unspecified atom stereocenters. The van der Waals surface area contributed by atoms with Crippen molar-refractivity contribution >= 4 is 11.9 Å². The number of carbonyl (C=O) groups is 2. The van der Waals surface area contributed by atoms with Crippen LogP contribution in [0.4, 0.5) is 8.78 Å². The topological polar surface area (TPSA) is 75.6 Å². The number of hydrogen-bond acceptors (Lipinski definition) is 3. The van der Waals surface area contributed by atoms with Crippen molar-refractivity contribution in [3.63, 3.8) is 0 Å². The molecule has 1 aromatic rings. The summed E-state index contributed by atoms with van der Waals surface area (Å²) in [5, 5.41) is 11.2. The Morgan fingerprint density at radius 3 is 2.43 bits per heavy atom. The zero-order chi connectivity index (χ0) is 15.8. The number of hydrogen-bond donors (Lipinski definition) is 2. The number of nitrogens with one attached hydrogen (secondary N) is 1. The molecule has 0 bridgehead atoms. The second kappa shape index (κ2) is 8.18. The van der Waals surface area contributed by atoms with Crippen molar-refractivity contribution in [1.82, 2.24) is 5.32 Å². The minimum atomic E-state index is -2.86. The number of aryl methyl sites for hydroxylation is 1. The third-order valence-electron chi connectivity index (χ3n) is 2.82. The zero-order valence-corrected chi connectivity index (χ0v) is 11.5. The molecule has 0 aromatic heterocycles. The maximum atomic E-state index is 12.0. The van der Waals surface area contributed by atoms with Crippen LogP contribution < -0.4 is 10.1 Å². The van der Waals surface area contributed by atoms with Crippen LogP contribution in [0.25, 0.3) is 0 Å². The zero-order valence-electron chi connectivity index (χ0n) is 11.5. The molecule has 1 amide bonds. The Labute approximate surface area is 120 Å². The fourth-order valence-electron chi connectivity index (χ4n) is 1.54. The van der Waals surface area contributed by atoms with E-state index >= 15 is 0 Å². The maximum absolute atomic E-state index is 12.0. The Bertz CT molecular complexity index is 476. The molecule has 0 aliphatic heterocycles. The summed E-state index contributed by atoms with van der Waals surface area (Å²) in [6, 6.07) is 6.02. The minimum absolute atomic E-state index is 0.0634. The van der Waals surface area contributed by atoms with E-state index < -0.39 is 18.5 Å². The van der Waals surface area contributed by atoms with Crippen molar-refractivity contribution in [2.45, 2.75) is 26.4 Å². The molecule has 1 atom stereocenters. The third-order valence-corrected chi connectivity index (χ3v) is 2.82. The first-order valence-electron chi connectivity index (χ1n) is 6.41. The molecule has 0 saturated carbocycles. The molecule has 7 heteroatoms. The van der Waals surface area contributed by atoms with Gasteiger partial charge in [0.2, 0.25) is 5.91 Å². The molecule has 0 fully saturated rings. The number of halogens is 2. The number of rotatable bonds is 8. The van der Waals surface area contributed by atoms with Crippen LogP contribution in [0.3, 0.4) is 0 Å². The number of carbonyl (C=O) groups excluding carboxylic acids is 1. The number of benzene rings is 1. The summed E-state index contributed by atoms with van der Waals surface area (Å²) in [5.41, 5.74) is 0.804. The van der Waals surface area contributed by atoms with E-state index in [2.05, 4.69) is 10.1 Å². The smallest absolute Gasteiger partial charge is 0.387 e. The van der Waals surface area contributed by atoms with Crippen molar-refractivity contribution in [3.05, 3.63) is 29.8 Å². The maximum Gasteiger partial charge on any atom is 0.387 e. The highest BCUT2D eigenvalue weighted by Gasteiger charge is 2.12. The first kappa shape index (κ1) is 16.9. The molecule has 5 nitrogen and oxygen atoms in total. The lowest BCUT2D eigenvalue weighted by molar-refractivity contribution is -0.141. The van der Waals surface area contributed by atoms with Crippen molar-refractivity contribution in [1.29, 1.82) is 0 Å². The van der Waals surface area contributed by atoms with Crippen LogP contribution in [0.2, 0.25) is 0 Å². The van der Waals surface area contributed by atoms with E-state index in [9.17, 15) is 18.4 Å². The van der Waals surface area contributed by atoms with Gasteiger partial charge < -0.3 is 15.2 Å². The number of amides is 1. The standard InChI is InChI=1S/C14H17F2NO4/c1-9(13(19)20)8-17-12(18)7-4-10-2-5-11(6-3-10)21-14(15)16/h2-3,5-6,9,14H,4,7-8H2,1H3,(H,17,18)(H,19,20). The lowest BCUT2D eigenvalue weighted by Gasteiger charge is -2.09. The first-order valence-corrected chi connectivity index (χ1v) is 6.41. The molecule has 21 heavy (non-hydrogen) atoms. The van der Waals surface area contributed by atoms with Gasteiger partial charge in [-0.1, -0.05) is 19.1 Å². The van der Waals surface area contributed by atoms with Crippen molar-refractivity contribution in [2.75, 3.05) is 6.54 Å². The van der Waals surface area contributed by atoms with Gasteiger partial charge in [-0.2, -0.15) is 8.78 Å². The fraction of sp³-hybridized carbons (Fsp3) is 0.429. The summed E-state index contributed by atoms with van der Waals surface area (Å²) in [4.78, 5) is 22.1. The van der Waals surface area contributed by atoms with E-state index in [0.717, 1.165) is 5.56 Å². The molecule has 116 valence electrons. The molecule has 0 radical (unpaired) electrons. The Morgan fingerprint density at radius 1 is 1.29 bits per heavy atom. The van der Waals surface area contributed by atoms with Gasteiger partial charge in [0.05, 0.1) is 5.92 Å². The summed E-state index contributed by atoms with van der Waals surface area (Å²) in [6.07, 6.45) is 0.629. The van der Waals surface area contributed by atoms with Gasteiger partial charge in [-0.3, -0.25) is 9.59 Å². The van der Waals surface area contributed by atoms with Gasteiger partial charge in [0.1, 0.15) is 5.75 Å². The van der Waals surface area contributed by atoms with Gasteiger partial charge in [0, 0.05) is 13.0 Å². The summed E-state index contributed by atoms with van der Waals surface area (Å²) in [7, 11) is 0. The quantitative estimate of drug-likeness (QED) is 0.770. The molecule has 0 aliphatic rings. The van der Waals surface area contributed by atoms with Gasteiger partial charge in [0.25, 0.3) is 0 Å². The van der Waals surface area contributed by atoms with E-state index in [-0.39, 0.29) is 24.6 Å². The first-order chi connectivity index (χ1) is 9.88. The van der Waals surface area contributed by atoms with Crippen molar-refractivity contribution in [3.8, 4) is 5.75 Å². The SMILES string of the molecule is CC(CNC(=O)CCc1ccc(OC(F)F)cc1)C(=O)O. The van der Waals surface area contributed by atoms with Crippen LogP contribution in [-0.4, -0.2) is 30.1 Å². The second-order valence-electron chi connectivity index (χ2n) is 4.57. The average molecular weight is 301 g/mol. The van der Waals surface area contributed by atoms with Gasteiger partial charge >= 0.3 is 12.6 Å². The number of carboxylic acids is 1. The molecule has 0 aliphatic carbocycles. The number of aliphatic carboxylic acids is 1. The number of carboxylic acid groups (broad SMARTS) is 1. The molecule has 1 aromatic carbocycles. The lowest BCUT2D eigenvalue weighted by atomic mass is 10.1. The predicted octanol–water partition coefficient (Wildman–Crippen LogP) is 2.06. The molecule has 0 spiro atoms. The van der Waals surface area contributed by atoms with E-state index in [1.54, 1.807) is 12.1 Å². The van der Waals surface area contributed by atoms with Gasteiger partial charge in [-0.25, -0.2) is 0 Å². The Balaban J connectivity index is 2.34. The second-order valence-corrected chi connectivity index (χ2v) is 4.57. The van der Waals surface area contributed by atoms with Gasteiger partial charge in [-0.05, 0) is 24.1 Å². The molecule has 0 saturated heterocycles. The Hall–Kier alpha value is -2.18. The monoisotopic (exact) mass is 301 g/mol. The highest BCUT2D eigenvalue weighted by Crippen LogP contribution is 2.15. The highest BCUT2D eigenvalue weighted by atomic mass is 19.3. The number of alkyl halides is 2. The van der Waals surface area contributed by atoms with Crippen LogP contribution in [0, 0.1) is 5.92 Å². The third kappa shape index (κ3) is 6.69. The van der Waals surface area contributed by atoms with Crippen LogP contribution in [0.1, 0.15) is 18.9 Å².